The highest BCUT2D eigenvalue weighted by Crippen LogP contribution is 2.45. The van der Waals surface area contributed by atoms with Gasteiger partial charge in [0.05, 0.1) is 60.0 Å². The Labute approximate surface area is 231 Å². The van der Waals surface area contributed by atoms with Crippen molar-refractivity contribution in [3.8, 4) is 11.5 Å². The largest absolute Gasteiger partial charge is 0.489 e. The first-order valence-corrected chi connectivity index (χ1v) is 13.3. The second kappa shape index (κ2) is 14.3. The number of halogens is 2. The van der Waals surface area contributed by atoms with E-state index in [1.54, 1.807) is 6.20 Å². The highest BCUT2D eigenvalue weighted by atomic mass is 79.9. The topological polar surface area (TPSA) is 124 Å². The number of ether oxygens (including phenoxy) is 7. The lowest BCUT2D eigenvalue weighted by Crippen LogP contribution is -2.44. The van der Waals surface area contributed by atoms with E-state index in [2.05, 4.69) is 31.9 Å². The number of carbonyl (C=O) groups is 2. The van der Waals surface area contributed by atoms with E-state index in [-0.39, 0.29) is 26.1 Å². The zero-order chi connectivity index (χ0) is 26.9. The van der Waals surface area contributed by atoms with Crippen LogP contribution in [0.2, 0.25) is 0 Å². The lowest BCUT2D eigenvalue weighted by atomic mass is 10.0. The summed E-state index contributed by atoms with van der Waals surface area (Å²) in [6.45, 7) is 3.00. The van der Waals surface area contributed by atoms with Crippen molar-refractivity contribution < 1.29 is 47.9 Å². The van der Waals surface area contributed by atoms with Crippen LogP contribution in [0.3, 0.4) is 0 Å². The van der Waals surface area contributed by atoms with E-state index in [0.29, 0.717) is 42.4 Å². The molecule has 11 nitrogen and oxygen atoms in total. The molecule has 1 aliphatic heterocycles. The molecule has 0 aliphatic carbocycles. The molecule has 0 spiro atoms. The Morgan fingerprint density at radius 1 is 1.14 bits per heavy atom. The van der Waals surface area contributed by atoms with Crippen molar-refractivity contribution in [3.05, 3.63) is 21.2 Å². The second-order valence-corrected chi connectivity index (χ2v) is 9.84. The van der Waals surface area contributed by atoms with Crippen LogP contribution in [0.25, 0.3) is 10.9 Å². The first-order chi connectivity index (χ1) is 17.7. The van der Waals surface area contributed by atoms with Crippen LogP contribution in [0, 0.1) is 0 Å². The molecule has 13 heteroatoms. The molecular weight excluding hydrogens is 622 g/mol. The van der Waals surface area contributed by atoms with Gasteiger partial charge in [0.15, 0.2) is 6.10 Å². The molecule has 0 radical (unpaired) electrons. The van der Waals surface area contributed by atoms with E-state index in [0.717, 1.165) is 15.4 Å². The lowest BCUT2D eigenvalue weighted by molar-refractivity contribution is -0.204. The first kappa shape index (κ1) is 29.7. The summed E-state index contributed by atoms with van der Waals surface area (Å²) >= 11 is 7.21. The van der Waals surface area contributed by atoms with Crippen molar-refractivity contribution in [2.45, 2.75) is 38.3 Å². The zero-order valence-electron chi connectivity index (χ0n) is 20.9. The summed E-state index contributed by atoms with van der Waals surface area (Å²) in [6, 6.07) is 1.91. The quantitative estimate of drug-likeness (QED) is 0.255. The molecule has 0 saturated carbocycles. The third-order valence-electron chi connectivity index (χ3n) is 5.48. The maximum atomic E-state index is 12.2. The second-order valence-electron chi connectivity index (χ2n) is 8.19. The van der Waals surface area contributed by atoms with Crippen molar-refractivity contribution in [1.29, 1.82) is 0 Å². The Hall–Kier alpha value is -1.90. The van der Waals surface area contributed by atoms with Gasteiger partial charge in [0.2, 0.25) is 6.29 Å². The predicted octanol–water partition coefficient (Wildman–Crippen LogP) is 3.10. The van der Waals surface area contributed by atoms with Crippen molar-refractivity contribution in [2.75, 3.05) is 46.8 Å². The van der Waals surface area contributed by atoms with Crippen molar-refractivity contribution in [1.82, 2.24) is 4.57 Å². The van der Waals surface area contributed by atoms with Crippen LogP contribution in [0.1, 0.15) is 19.8 Å². The van der Waals surface area contributed by atoms with Gasteiger partial charge in [-0.1, -0.05) is 0 Å². The summed E-state index contributed by atoms with van der Waals surface area (Å²) in [6.07, 6.45) is -0.0946. The van der Waals surface area contributed by atoms with E-state index < -0.39 is 30.4 Å². The van der Waals surface area contributed by atoms with Gasteiger partial charge in [-0.15, -0.1) is 0 Å². The first-order valence-electron chi connectivity index (χ1n) is 11.7. The van der Waals surface area contributed by atoms with Gasteiger partial charge in [-0.05, 0) is 37.9 Å². The third-order valence-corrected chi connectivity index (χ3v) is 6.82. The molecule has 1 aliphatic rings. The summed E-state index contributed by atoms with van der Waals surface area (Å²) in [4.78, 5) is 23.7. The molecule has 0 amide bonds. The molecule has 3 rings (SSSR count). The Balaban J connectivity index is 1.74. The molecular formula is C24H31Br2NO10. The van der Waals surface area contributed by atoms with Crippen molar-refractivity contribution >= 4 is 54.7 Å². The van der Waals surface area contributed by atoms with Gasteiger partial charge >= 0.3 is 11.9 Å². The van der Waals surface area contributed by atoms with Crippen LogP contribution in [-0.4, -0.2) is 86.9 Å². The fourth-order valence-electron chi connectivity index (χ4n) is 3.90. The maximum Gasteiger partial charge on any atom is 0.335 e. The van der Waals surface area contributed by atoms with E-state index >= 15 is 0 Å². The Morgan fingerprint density at radius 3 is 2.51 bits per heavy atom. The lowest BCUT2D eigenvalue weighted by Gasteiger charge is -2.33. The number of aromatic nitrogens is 1. The normalized spacial score (nSPS) is 19.6. The number of nitrogens with zero attached hydrogens (tertiary/aromatic N) is 1. The van der Waals surface area contributed by atoms with Gasteiger partial charge in [-0.3, -0.25) is 4.79 Å². The minimum absolute atomic E-state index is 0.0235. The Morgan fingerprint density at radius 2 is 1.84 bits per heavy atom. The SMILES string of the molecule is COC(=O)C1CC(OC(C)=O)CC(Oc2cn(C)c3cc(Br)c(OCCOCCOCCO)c(Br)c23)O1. The molecule has 3 atom stereocenters. The van der Waals surface area contributed by atoms with Crippen LogP contribution in [0.4, 0.5) is 0 Å². The molecule has 1 saturated heterocycles. The monoisotopic (exact) mass is 651 g/mol. The third kappa shape index (κ3) is 8.04. The predicted molar refractivity (Wildman–Crippen MR) is 139 cm³/mol. The molecule has 1 aromatic carbocycles. The molecule has 2 aromatic rings. The van der Waals surface area contributed by atoms with Gasteiger partial charge in [-0.25, -0.2) is 4.79 Å². The van der Waals surface area contributed by atoms with Crippen molar-refractivity contribution in [3.63, 3.8) is 0 Å². The summed E-state index contributed by atoms with van der Waals surface area (Å²) in [7, 11) is 3.15. The number of esters is 2. The van der Waals surface area contributed by atoms with Gasteiger partial charge < -0.3 is 42.8 Å². The molecule has 206 valence electrons. The minimum Gasteiger partial charge on any atom is -0.489 e. The average molecular weight is 653 g/mol. The summed E-state index contributed by atoms with van der Waals surface area (Å²) in [5.41, 5.74) is 0.857. The fraction of sp³-hybridized carbons (Fsp3) is 0.583. The number of methoxy groups -OCH3 is 1. The number of aliphatic hydroxyl groups excluding tert-OH is 1. The van der Waals surface area contributed by atoms with E-state index in [1.165, 1.54) is 14.0 Å². The van der Waals surface area contributed by atoms with E-state index in [4.69, 9.17) is 38.3 Å². The van der Waals surface area contributed by atoms with Gasteiger partial charge in [0.25, 0.3) is 0 Å². The average Bonchev–Trinajstić information content (AvgIpc) is 3.15. The zero-order valence-corrected chi connectivity index (χ0v) is 24.0. The molecule has 0 bridgehead atoms. The molecule has 3 unspecified atom stereocenters. The van der Waals surface area contributed by atoms with Crippen LogP contribution in [0.15, 0.2) is 21.2 Å². The van der Waals surface area contributed by atoms with Gasteiger partial charge in [0.1, 0.15) is 24.2 Å². The number of hydrogen-bond acceptors (Lipinski definition) is 10. The number of carbonyl (C=O) groups excluding carboxylic acids is 2. The highest BCUT2D eigenvalue weighted by molar-refractivity contribution is 9.11. The molecule has 2 heterocycles. The summed E-state index contributed by atoms with van der Waals surface area (Å²) in [5, 5.41) is 9.45. The fourth-order valence-corrected chi connectivity index (χ4v) is 5.42. The maximum absolute atomic E-state index is 12.2. The van der Waals surface area contributed by atoms with Gasteiger partial charge in [0, 0.05) is 33.0 Å². The smallest absolute Gasteiger partial charge is 0.335 e. The number of aliphatic hydroxyl groups is 1. The standard InChI is InChI=1S/C24H31Br2NO10/c1-14(29)35-15-10-18(24(30)31-3)36-20(11-15)37-19-13-27(2)17-12-16(25)23(22(26)21(17)19)34-9-8-33-7-6-32-5-4-28/h12-13,15,18,20,28H,4-11H2,1-3H3. The minimum atomic E-state index is -0.923. The molecule has 37 heavy (non-hydrogen) atoms. The molecule has 1 aromatic heterocycles. The number of rotatable bonds is 13. The number of hydrogen-bond donors (Lipinski definition) is 1. The van der Waals surface area contributed by atoms with E-state index in [9.17, 15) is 9.59 Å². The van der Waals surface area contributed by atoms with Crippen molar-refractivity contribution in [2.24, 2.45) is 7.05 Å². The van der Waals surface area contributed by atoms with Crippen LogP contribution in [0.5, 0.6) is 11.5 Å². The highest BCUT2D eigenvalue weighted by Gasteiger charge is 2.37. The van der Waals surface area contributed by atoms with Gasteiger partial charge in [-0.2, -0.15) is 0 Å². The Kier molecular flexibility index (Phi) is 11.5. The number of benzene rings is 1. The van der Waals surface area contributed by atoms with Crippen LogP contribution in [-0.2, 0) is 40.3 Å². The summed E-state index contributed by atoms with van der Waals surface area (Å²) < 4.78 is 42.1. The number of aryl methyl sites for hydroxylation is 1. The summed E-state index contributed by atoms with van der Waals surface area (Å²) in [5.74, 6) is 0.0522. The van der Waals surface area contributed by atoms with Crippen LogP contribution >= 0.6 is 31.9 Å². The molecule has 1 N–H and O–H groups in total. The Bertz CT molecular complexity index is 1080. The van der Waals surface area contributed by atoms with E-state index in [1.807, 2.05) is 17.7 Å². The van der Waals surface area contributed by atoms with Crippen LogP contribution < -0.4 is 9.47 Å². The number of fused-ring (bicyclic) bond motifs is 1. The molecule has 1 fully saturated rings.